The number of amides is 2. The smallest absolute Gasteiger partial charge is 0.255 e. The van der Waals surface area contributed by atoms with E-state index < -0.39 is 0 Å². The van der Waals surface area contributed by atoms with Crippen molar-refractivity contribution in [3.8, 4) is 5.75 Å². The molecule has 24 heavy (non-hydrogen) atoms. The van der Waals surface area contributed by atoms with Crippen molar-refractivity contribution in [2.45, 2.75) is 44.4 Å². The molecule has 0 saturated carbocycles. The molecule has 2 amide bonds. The summed E-state index contributed by atoms with van der Waals surface area (Å²) in [6, 6.07) is 5.41. The van der Waals surface area contributed by atoms with Gasteiger partial charge in [-0.15, -0.1) is 0 Å². The summed E-state index contributed by atoms with van der Waals surface area (Å²) in [5, 5.41) is 6.18. The van der Waals surface area contributed by atoms with Crippen LogP contribution in [0.2, 0.25) is 0 Å². The van der Waals surface area contributed by atoms with Gasteiger partial charge in [0.15, 0.2) is 0 Å². The molecule has 3 aliphatic heterocycles. The lowest BCUT2D eigenvalue weighted by molar-refractivity contribution is -0.127. The van der Waals surface area contributed by atoms with E-state index in [-0.39, 0.29) is 24.0 Å². The lowest BCUT2D eigenvalue weighted by atomic mass is 10.1. The van der Waals surface area contributed by atoms with Crippen LogP contribution in [0.5, 0.6) is 5.75 Å². The van der Waals surface area contributed by atoms with E-state index in [1.54, 1.807) is 4.90 Å². The normalized spacial score (nSPS) is 24.7. The molecule has 1 aromatic rings. The van der Waals surface area contributed by atoms with Gasteiger partial charge in [0.25, 0.3) is 5.91 Å². The number of rotatable bonds is 3. The van der Waals surface area contributed by atoms with E-state index in [1.807, 2.05) is 18.2 Å². The highest BCUT2D eigenvalue weighted by atomic mass is 16.5. The van der Waals surface area contributed by atoms with Gasteiger partial charge in [0.2, 0.25) is 5.91 Å². The maximum absolute atomic E-state index is 12.8. The van der Waals surface area contributed by atoms with Crippen molar-refractivity contribution < 1.29 is 14.3 Å². The maximum Gasteiger partial charge on any atom is 0.255 e. The number of nitrogens with one attached hydrogen (secondary N) is 2. The van der Waals surface area contributed by atoms with E-state index in [0.717, 1.165) is 50.1 Å². The second-order valence-corrected chi connectivity index (χ2v) is 6.77. The van der Waals surface area contributed by atoms with Crippen LogP contribution in [0.1, 0.15) is 41.6 Å². The average molecular weight is 329 g/mol. The van der Waals surface area contributed by atoms with E-state index >= 15 is 0 Å². The third kappa shape index (κ3) is 2.86. The van der Waals surface area contributed by atoms with Crippen LogP contribution < -0.4 is 15.4 Å². The van der Waals surface area contributed by atoms with Crippen LogP contribution in [0, 0.1) is 0 Å². The van der Waals surface area contributed by atoms with Crippen LogP contribution in [0.3, 0.4) is 0 Å². The van der Waals surface area contributed by atoms with Gasteiger partial charge in [-0.05, 0) is 56.5 Å². The number of benzene rings is 1. The van der Waals surface area contributed by atoms with Gasteiger partial charge in [-0.1, -0.05) is 6.07 Å². The molecule has 128 valence electrons. The second-order valence-electron chi connectivity index (χ2n) is 6.77. The van der Waals surface area contributed by atoms with Crippen LogP contribution in [-0.4, -0.2) is 48.5 Å². The van der Waals surface area contributed by atoms with Crippen molar-refractivity contribution >= 4 is 11.8 Å². The Kier molecular flexibility index (Phi) is 4.14. The average Bonchev–Trinajstić information content (AvgIpc) is 2.93. The van der Waals surface area contributed by atoms with Crippen LogP contribution in [-0.2, 0) is 11.3 Å². The molecule has 3 heterocycles. The van der Waals surface area contributed by atoms with E-state index in [0.29, 0.717) is 18.7 Å². The molecule has 0 radical (unpaired) electrons. The van der Waals surface area contributed by atoms with Gasteiger partial charge in [-0.25, -0.2) is 0 Å². The fourth-order valence-corrected chi connectivity index (χ4v) is 3.79. The minimum absolute atomic E-state index is 0.0337. The maximum atomic E-state index is 12.8. The van der Waals surface area contributed by atoms with Crippen molar-refractivity contribution in [1.29, 1.82) is 0 Å². The van der Waals surface area contributed by atoms with Crippen molar-refractivity contribution in [3.05, 3.63) is 29.3 Å². The molecular formula is C18H23N3O3. The summed E-state index contributed by atoms with van der Waals surface area (Å²) in [4.78, 5) is 26.5. The molecule has 0 spiro atoms. The van der Waals surface area contributed by atoms with Crippen molar-refractivity contribution in [1.82, 2.24) is 15.5 Å². The van der Waals surface area contributed by atoms with Gasteiger partial charge in [-0.3, -0.25) is 9.59 Å². The summed E-state index contributed by atoms with van der Waals surface area (Å²) in [6.45, 7) is 3.16. The molecule has 3 aliphatic rings. The molecule has 2 fully saturated rings. The fourth-order valence-electron chi connectivity index (χ4n) is 3.79. The van der Waals surface area contributed by atoms with Gasteiger partial charge >= 0.3 is 0 Å². The number of carbonyl (C=O) groups excluding carboxylic acids is 2. The first-order valence-electron chi connectivity index (χ1n) is 8.81. The predicted octanol–water partition coefficient (Wildman–Crippen LogP) is 1.05. The number of ether oxygens (including phenoxy) is 1. The van der Waals surface area contributed by atoms with Crippen molar-refractivity contribution in [2.24, 2.45) is 0 Å². The van der Waals surface area contributed by atoms with E-state index in [2.05, 4.69) is 10.6 Å². The molecule has 0 bridgehead atoms. The zero-order valence-electron chi connectivity index (χ0n) is 13.7. The highest BCUT2D eigenvalue weighted by molar-refractivity contribution is 6.01. The molecule has 0 aromatic heterocycles. The van der Waals surface area contributed by atoms with Crippen molar-refractivity contribution in [2.75, 3.05) is 19.6 Å². The van der Waals surface area contributed by atoms with Crippen LogP contribution in [0.15, 0.2) is 18.2 Å². The van der Waals surface area contributed by atoms with Gasteiger partial charge in [-0.2, -0.15) is 0 Å². The number of piperidine rings is 2. The summed E-state index contributed by atoms with van der Waals surface area (Å²) < 4.78 is 6.04. The monoisotopic (exact) mass is 329 g/mol. The lowest BCUT2D eigenvalue weighted by Gasteiger charge is -2.30. The topological polar surface area (TPSA) is 70.7 Å². The Balaban J connectivity index is 1.50. The fraction of sp³-hybridized carbons (Fsp3) is 0.556. The molecule has 1 aromatic carbocycles. The van der Waals surface area contributed by atoms with Crippen LogP contribution in [0.25, 0.3) is 0 Å². The zero-order valence-corrected chi connectivity index (χ0v) is 13.7. The number of hydrogen-bond donors (Lipinski definition) is 2. The summed E-state index contributed by atoms with van der Waals surface area (Å²) in [7, 11) is 0. The highest BCUT2D eigenvalue weighted by Crippen LogP contribution is 2.30. The molecule has 1 unspecified atom stereocenters. The van der Waals surface area contributed by atoms with Gasteiger partial charge in [0.1, 0.15) is 17.9 Å². The number of carbonyl (C=O) groups is 2. The first kappa shape index (κ1) is 15.4. The Hall–Kier alpha value is -2.08. The Morgan fingerprint density at radius 3 is 2.71 bits per heavy atom. The molecule has 6 heteroatoms. The number of nitrogens with zero attached hydrogens (tertiary/aromatic N) is 1. The number of fused-ring (bicyclic) bond motifs is 1. The Labute approximate surface area is 141 Å². The quantitative estimate of drug-likeness (QED) is 0.870. The minimum atomic E-state index is -0.340. The number of hydrogen-bond acceptors (Lipinski definition) is 4. The SMILES string of the molecule is O=C1NCCCC1N1Cc2ccc(OC3CCNCC3)cc2C1=O. The summed E-state index contributed by atoms with van der Waals surface area (Å²) in [5.41, 5.74) is 1.66. The Bertz CT molecular complexity index is 655. The minimum Gasteiger partial charge on any atom is -0.490 e. The van der Waals surface area contributed by atoms with E-state index in [9.17, 15) is 9.59 Å². The largest absolute Gasteiger partial charge is 0.490 e. The van der Waals surface area contributed by atoms with E-state index in [1.165, 1.54) is 0 Å². The summed E-state index contributed by atoms with van der Waals surface area (Å²) in [5.74, 6) is 0.667. The third-order valence-corrected chi connectivity index (χ3v) is 5.13. The molecular weight excluding hydrogens is 306 g/mol. The van der Waals surface area contributed by atoms with E-state index in [4.69, 9.17) is 4.74 Å². The molecule has 1 atom stereocenters. The van der Waals surface area contributed by atoms with Crippen LogP contribution >= 0.6 is 0 Å². The molecule has 2 saturated heterocycles. The first-order valence-corrected chi connectivity index (χ1v) is 8.81. The van der Waals surface area contributed by atoms with Gasteiger partial charge < -0.3 is 20.3 Å². The summed E-state index contributed by atoms with van der Waals surface area (Å²) >= 11 is 0. The van der Waals surface area contributed by atoms with Crippen molar-refractivity contribution in [3.63, 3.8) is 0 Å². The highest BCUT2D eigenvalue weighted by Gasteiger charge is 2.37. The molecule has 2 N–H and O–H groups in total. The third-order valence-electron chi connectivity index (χ3n) is 5.13. The lowest BCUT2D eigenvalue weighted by Crippen LogP contribution is -2.50. The zero-order chi connectivity index (χ0) is 16.5. The summed E-state index contributed by atoms with van der Waals surface area (Å²) in [6.07, 6.45) is 3.84. The molecule has 4 rings (SSSR count). The van der Waals surface area contributed by atoms with Crippen LogP contribution in [0.4, 0.5) is 0 Å². The first-order chi connectivity index (χ1) is 11.7. The standard InChI is InChI=1S/C18H23N3O3/c22-17-16(2-1-7-20-17)21-11-12-3-4-14(10-15(12)18(21)23)24-13-5-8-19-9-6-13/h3-4,10,13,16,19H,1-2,5-9,11H2,(H,20,22). The molecule has 6 nitrogen and oxygen atoms in total. The Morgan fingerprint density at radius 1 is 1.08 bits per heavy atom. The predicted molar refractivity (Wildman–Crippen MR) is 88.9 cm³/mol. The van der Waals surface area contributed by atoms with Gasteiger partial charge in [0.05, 0.1) is 0 Å². The molecule has 0 aliphatic carbocycles. The van der Waals surface area contributed by atoms with Gasteiger partial charge in [0, 0.05) is 18.7 Å². The second kappa shape index (κ2) is 6.43. The Morgan fingerprint density at radius 2 is 1.92 bits per heavy atom.